The Morgan fingerprint density at radius 3 is 2.44 bits per heavy atom. The maximum Gasteiger partial charge on any atom is 0.191 e. The molecule has 0 heterocycles. The summed E-state index contributed by atoms with van der Waals surface area (Å²) in [5, 5.41) is 6.66. The van der Waals surface area contributed by atoms with Crippen LogP contribution in [0.25, 0.3) is 0 Å². The predicted octanol–water partition coefficient (Wildman–Crippen LogP) is 3.00. The van der Waals surface area contributed by atoms with Crippen LogP contribution < -0.4 is 20.1 Å². The number of methoxy groups -OCH3 is 2. The van der Waals surface area contributed by atoms with E-state index in [2.05, 4.69) is 39.9 Å². The molecule has 2 aromatic rings. The highest BCUT2D eigenvalue weighted by Crippen LogP contribution is 2.30. The van der Waals surface area contributed by atoms with Crippen LogP contribution in [0.4, 0.5) is 0 Å². The van der Waals surface area contributed by atoms with Crippen molar-refractivity contribution in [2.24, 2.45) is 4.99 Å². The van der Waals surface area contributed by atoms with Crippen molar-refractivity contribution in [2.75, 3.05) is 27.8 Å². The largest absolute Gasteiger partial charge is 0.493 e. The number of ether oxygens (including phenoxy) is 2. The fourth-order valence-electron chi connectivity index (χ4n) is 2.64. The summed E-state index contributed by atoms with van der Waals surface area (Å²) in [6.45, 7) is 1.47. The van der Waals surface area contributed by atoms with Gasteiger partial charge in [0.1, 0.15) is 0 Å². The van der Waals surface area contributed by atoms with Gasteiger partial charge in [-0.25, -0.2) is 0 Å². The van der Waals surface area contributed by atoms with Gasteiger partial charge in [-0.2, -0.15) is 0 Å². The molecule has 5 nitrogen and oxygen atoms in total. The maximum absolute atomic E-state index is 5.46. The molecule has 0 atom stereocenters. The van der Waals surface area contributed by atoms with Crippen LogP contribution in [0.15, 0.2) is 53.5 Å². The second kappa shape index (κ2) is 10.2. The maximum atomic E-state index is 5.46. The molecular formula is C20H27N3O2. The summed E-state index contributed by atoms with van der Waals surface area (Å²) in [5.74, 6) is 2.25. The third kappa shape index (κ3) is 5.71. The number of rotatable bonds is 8. The third-order valence-electron chi connectivity index (χ3n) is 3.93. The molecule has 0 spiro atoms. The van der Waals surface area contributed by atoms with Crippen LogP contribution in [0.5, 0.6) is 11.5 Å². The summed E-state index contributed by atoms with van der Waals surface area (Å²) in [6, 6.07) is 16.4. The number of aryl methyl sites for hydroxylation is 1. The van der Waals surface area contributed by atoms with E-state index < -0.39 is 0 Å². The van der Waals surface area contributed by atoms with Crippen LogP contribution >= 0.6 is 0 Å². The Morgan fingerprint density at radius 1 is 0.960 bits per heavy atom. The first kappa shape index (κ1) is 18.6. The topological polar surface area (TPSA) is 54.9 Å². The van der Waals surface area contributed by atoms with Crippen molar-refractivity contribution in [3.05, 3.63) is 59.7 Å². The molecular weight excluding hydrogens is 314 g/mol. The monoisotopic (exact) mass is 341 g/mol. The van der Waals surface area contributed by atoms with Gasteiger partial charge in [0.15, 0.2) is 17.5 Å². The molecule has 0 fully saturated rings. The SMILES string of the molecule is CN=C(NCCCc1ccccc1)NCc1cccc(OC)c1OC. The van der Waals surface area contributed by atoms with E-state index >= 15 is 0 Å². The number of aliphatic imine (C=N–C) groups is 1. The van der Waals surface area contributed by atoms with Crippen LogP contribution in [0, 0.1) is 0 Å². The van der Waals surface area contributed by atoms with Crippen molar-refractivity contribution in [3.8, 4) is 11.5 Å². The lowest BCUT2D eigenvalue weighted by atomic mass is 10.1. The molecule has 0 aliphatic heterocycles. The predicted molar refractivity (Wildman–Crippen MR) is 103 cm³/mol. The van der Waals surface area contributed by atoms with E-state index in [1.165, 1.54) is 5.56 Å². The van der Waals surface area contributed by atoms with E-state index in [0.717, 1.165) is 42.4 Å². The van der Waals surface area contributed by atoms with Gasteiger partial charge < -0.3 is 20.1 Å². The summed E-state index contributed by atoms with van der Waals surface area (Å²) in [6.07, 6.45) is 2.10. The number of guanidine groups is 1. The lowest BCUT2D eigenvalue weighted by Gasteiger charge is -2.15. The van der Waals surface area contributed by atoms with Gasteiger partial charge in [0.05, 0.1) is 14.2 Å². The molecule has 0 saturated carbocycles. The number of nitrogens with one attached hydrogen (secondary N) is 2. The van der Waals surface area contributed by atoms with Gasteiger partial charge in [0.25, 0.3) is 0 Å². The summed E-state index contributed by atoms with van der Waals surface area (Å²) in [4.78, 5) is 4.27. The van der Waals surface area contributed by atoms with Crippen LogP contribution in [0.1, 0.15) is 17.5 Å². The highest BCUT2D eigenvalue weighted by atomic mass is 16.5. The van der Waals surface area contributed by atoms with E-state index in [1.807, 2.05) is 24.3 Å². The van der Waals surface area contributed by atoms with Gasteiger partial charge in [0, 0.05) is 25.7 Å². The zero-order valence-corrected chi connectivity index (χ0v) is 15.2. The Balaban J connectivity index is 1.81. The summed E-state index contributed by atoms with van der Waals surface area (Å²) >= 11 is 0. The summed E-state index contributed by atoms with van der Waals surface area (Å²) in [5.41, 5.74) is 2.38. The normalized spacial score (nSPS) is 11.1. The quantitative estimate of drug-likeness (QED) is 0.440. The molecule has 134 valence electrons. The number of hydrogen-bond donors (Lipinski definition) is 2. The molecule has 0 aromatic heterocycles. The minimum atomic E-state index is 0.610. The van der Waals surface area contributed by atoms with E-state index in [1.54, 1.807) is 21.3 Å². The Bertz CT molecular complexity index is 672. The zero-order chi connectivity index (χ0) is 17.9. The minimum absolute atomic E-state index is 0.610. The van der Waals surface area contributed by atoms with Crippen LogP contribution in [-0.4, -0.2) is 33.8 Å². The van der Waals surface area contributed by atoms with Gasteiger partial charge in [-0.3, -0.25) is 4.99 Å². The Hall–Kier alpha value is -2.69. The zero-order valence-electron chi connectivity index (χ0n) is 15.2. The fourth-order valence-corrected chi connectivity index (χ4v) is 2.64. The average molecular weight is 341 g/mol. The molecule has 0 bridgehead atoms. The number of hydrogen-bond acceptors (Lipinski definition) is 3. The molecule has 0 amide bonds. The summed E-state index contributed by atoms with van der Waals surface area (Å²) < 4.78 is 10.8. The number of nitrogens with zero attached hydrogens (tertiary/aromatic N) is 1. The van der Waals surface area contributed by atoms with Crippen molar-refractivity contribution < 1.29 is 9.47 Å². The van der Waals surface area contributed by atoms with Crippen LogP contribution in [-0.2, 0) is 13.0 Å². The van der Waals surface area contributed by atoms with Crippen LogP contribution in [0.3, 0.4) is 0 Å². The van der Waals surface area contributed by atoms with Crippen molar-refractivity contribution in [1.82, 2.24) is 10.6 Å². The minimum Gasteiger partial charge on any atom is -0.493 e. The molecule has 0 unspecified atom stereocenters. The van der Waals surface area contributed by atoms with Gasteiger partial charge >= 0.3 is 0 Å². The molecule has 5 heteroatoms. The average Bonchev–Trinajstić information content (AvgIpc) is 2.67. The molecule has 2 rings (SSSR count). The van der Waals surface area contributed by atoms with Gasteiger partial charge in [-0.05, 0) is 24.5 Å². The van der Waals surface area contributed by atoms with E-state index in [9.17, 15) is 0 Å². The van der Waals surface area contributed by atoms with Crippen LogP contribution in [0.2, 0.25) is 0 Å². The third-order valence-corrected chi connectivity index (χ3v) is 3.93. The van der Waals surface area contributed by atoms with Gasteiger partial charge in [0.2, 0.25) is 0 Å². The van der Waals surface area contributed by atoms with Crippen molar-refractivity contribution in [1.29, 1.82) is 0 Å². The first-order chi connectivity index (χ1) is 12.3. The second-order valence-corrected chi connectivity index (χ2v) is 5.59. The standard InChI is InChI=1S/C20H27N3O2/c1-21-20(22-14-8-11-16-9-5-4-6-10-16)23-15-17-12-7-13-18(24-2)19(17)25-3/h4-7,9-10,12-13H,8,11,14-15H2,1-3H3,(H2,21,22,23). The summed E-state index contributed by atoms with van der Waals surface area (Å²) in [7, 11) is 5.07. The van der Waals surface area contributed by atoms with Crippen molar-refractivity contribution >= 4 is 5.96 Å². The first-order valence-electron chi connectivity index (χ1n) is 8.46. The molecule has 25 heavy (non-hydrogen) atoms. The molecule has 2 aromatic carbocycles. The Kier molecular flexibility index (Phi) is 7.63. The van der Waals surface area contributed by atoms with E-state index in [-0.39, 0.29) is 0 Å². The highest BCUT2D eigenvalue weighted by molar-refractivity contribution is 5.79. The Morgan fingerprint density at radius 2 is 1.76 bits per heavy atom. The lowest BCUT2D eigenvalue weighted by Crippen LogP contribution is -2.37. The van der Waals surface area contributed by atoms with Gasteiger partial charge in [-0.15, -0.1) is 0 Å². The smallest absolute Gasteiger partial charge is 0.191 e. The molecule has 0 aliphatic carbocycles. The van der Waals surface area contributed by atoms with Gasteiger partial charge in [-0.1, -0.05) is 42.5 Å². The van der Waals surface area contributed by atoms with Crippen molar-refractivity contribution in [2.45, 2.75) is 19.4 Å². The second-order valence-electron chi connectivity index (χ2n) is 5.59. The number of para-hydroxylation sites is 1. The molecule has 0 aliphatic rings. The molecule has 2 N–H and O–H groups in total. The van der Waals surface area contributed by atoms with E-state index in [0.29, 0.717) is 6.54 Å². The highest BCUT2D eigenvalue weighted by Gasteiger charge is 2.09. The molecule has 0 radical (unpaired) electrons. The van der Waals surface area contributed by atoms with E-state index in [4.69, 9.17) is 9.47 Å². The number of benzene rings is 2. The lowest BCUT2D eigenvalue weighted by molar-refractivity contribution is 0.351. The Labute approximate surface area is 150 Å². The first-order valence-corrected chi connectivity index (χ1v) is 8.46. The fraction of sp³-hybridized carbons (Fsp3) is 0.350. The van der Waals surface area contributed by atoms with Crippen molar-refractivity contribution in [3.63, 3.8) is 0 Å². The molecule has 0 saturated heterocycles.